The maximum atomic E-state index is 12.7. The van der Waals surface area contributed by atoms with Crippen LogP contribution in [-0.2, 0) is 6.54 Å². The lowest BCUT2D eigenvalue weighted by atomic mass is 10.3. The highest BCUT2D eigenvalue weighted by molar-refractivity contribution is 7.13. The highest BCUT2D eigenvalue weighted by Crippen LogP contribution is 2.19. The molecule has 3 aromatic rings. The van der Waals surface area contributed by atoms with Crippen molar-refractivity contribution < 1.29 is 13.6 Å². The third-order valence-electron chi connectivity index (χ3n) is 3.08. The summed E-state index contributed by atoms with van der Waals surface area (Å²) in [5.74, 6) is -0.0330. The number of nitrogens with one attached hydrogen (secondary N) is 1. The molecular weight excluding hydrogens is 338 g/mol. The molecule has 3 heterocycles. The second kappa shape index (κ2) is 6.79. The van der Waals surface area contributed by atoms with Gasteiger partial charge in [0.25, 0.3) is 5.91 Å². The van der Waals surface area contributed by atoms with Crippen LogP contribution in [0.1, 0.15) is 28.4 Å². The number of thiazole rings is 1. The van der Waals surface area contributed by atoms with Crippen molar-refractivity contribution in [2.75, 3.05) is 0 Å². The second-order valence-corrected chi connectivity index (χ2v) is 5.65. The molecule has 0 spiro atoms. The molecule has 24 heavy (non-hydrogen) atoms. The monoisotopic (exact) mass is 350 g/mol. The van der Waals surface area contributed by atoms with E-state index in [1.807, 2.05) is 0 Å². The fraction of sp³-hybridized carbons (Fsp3) is 0.214. The predicted octanol–water partition coefficient (Wildman–Crippen LogP) is 2.43. The van der Waals surface area contributed by atoms with Gasteiger partial charge in [-0.1, -0.05) is 0 Å². The summed E-state index contributed by atoms with van der Waals surface area (Å²) in [6, 6.07) is 3.02. The number of hydrogen-bond donors (Lipinski definition) is 1. The van der Waals surface area contributed by atoms with Crippen LogP contribution >= 0.6 is 11.3 Å². The maximum absolute atomic E-state index is 12.7. The zero-order valence-corrected chi connectivity index (χ0v) is 13.3. The zero-order chi connectivity index (χ0) is 17.1. The van der Waals surface area contributed by atoms with Crippen molar-refractivity contribution >= 4 is 17.2 Å². The molecule has 1 N–H and O–H groups in total. The number of aromatic nitrogens is 5. The third kappa shape index (κ3) is 3.43. The van der Waals surface area contributed by atoms with Gasteiger partial charge < -0.3 is 5.32 Å². The first-order valence-electron chi connectivity index (χ1n) is 6.89. The van der Waals surface area contributed by atoms with Crippen LogP contribution in [0, 0.1) is 6.92 Å². The quantitative estimate of drug-likeness (QED) is 0.764. The van der Waals surface area contributed by atoms with Gasteiger partial charge in [-0.2, -0.15) is 13.9 Å². The van der Waals surface area contributed by atoms with Crippen molar-refractivity contribution in [2.24, 2.45) is 0 Å². The number of rotatable bonds is 5. The molecule has 0 fully saturated rings. The minimum absolute atomic E-state index is 0.0605. The molecule has 3 rings (SSSR count). The number of aryl methyl sites for hydroxylation is 1. The summed E-state index contributed by atoms with van der Waals surface area (Å²) in [6.07, 6.45) is 3.24. The molecule has 0 unspecified atom stereocenters. The van der Waals surface area contributed by atoms with Gasteiger partial charge in [-0.3, -0.25) is 4.79 Å². The molecule has 0 aliphatic heterocycles. The first kappa shape index (κ1) is 16.1. The first-order valence-corrected chi connectivity index (χ1v) is 7.77. The fourth-order valence-electron chi connectivity index (χ4n) is 1.96. The summed E-state index contributed by atoms with van der Waals surface area (Å²) in [5, 5.41) is 8.60. The molecule has 0 atom stereocenters. The van der Waals surface area contributed by atoms with Gasteiger partial charge in [0, 0.05) is 23.5 Å². The molecule has 0 saturated carbocycles. The van der Waals surface area contributed by atoms with Gasteiger partial charge in [0.15, 0.2) is 16.5 Å². The van der Waals surface area contributed by atoms with Gasteiger partial charge in [0.05, 0.1) is 12.2 Å². The minimum Gasteiger partial charge on any atom is -0.345 e. The lowest BCUT2D eigenvalue weighted by molar-refractivity contribution is 0.0538. The molecule has 10 heteroatoms. The summed E-state index contributed by atoms with van der Waals surface area (Å²) in [6.45, 7) is -1.16. The van der Waals surface area contributed by atoms with Crippen molar-refractivity contribution in [3.8, 4) is 10.8 Å². The van der Waals surface area contributed by atoms with E-state index in [0.717, 1.165) is 0 Å². The van der Waals surface area contributed by atoms with E-state index >= 15 is 0 Å². The number of nitrogens with zero attached hydrogens (tertiary/aromatic N) is 5. The van der Waals surface area contributed by atoms with Crippen molar-refractivity contribution in [1.29, 1.82) is 0 Å². The van der Waals surface area contributed by atoms with E-state index in [1.165, 1.54) is 24.3 Å². The standard InChI is InChI=1S/C14H12F2N6OS/c1-8-5-10(21-22(8)14(15)16)12(23)19-6-9-7-24-13(20-9)11-17-3-2-4-18-11/h2-5,7,14H,6H2,1H3,(H,19,23). The summed E-state index contributed by atoms with van der Waals surface area (Å²) >= 11 is 1.35. The summed E-state index contributed by atoms with van der Waals surface area (Å²) in [5.41, 5.74) is 0.780. The van der Waals surface area contributed by atoms with Gasteiger partial charge >= 0.3 is 6.55 Å². The van der Waals surface area contributed by atoms with Crippen molar-refractivity contribution in [1.82, 2.24) is 30.0 Å². The van der Waals surface area contributed by atoms with Crippen LogP contribution in [0.4, 0.5) is 8.78 Å². The normalized spacial score (nSPS) is 11.0. The van der Waals surface area contributed by atoms with Crippen molar-refractivity contribution in [2.45, 2.75) is 20.0 Å². The van der Waals surface area contributed by atoms with Crippen molar-refractivity contribution in [3.05, 3.63) is 47.0 Å². The lowest BCUT2D eigenvalue weighted by Crippen LogP contribution is -2.23. The molecule has 0 bridgehead atoms. The van der Waals surface area contributed by atoms with Gasteiger partial charge in [-0.05, 0) is 19.1 Å². The SMILES string of the molecule is Cc1cc(C(=O)NCc2csc(-c3ncccn3)n2)nn1C(F)F. The van der Waals surface area contributed by atoms with Gasteiger partial charge in [-0.15, -0.1) is 11.3 Å². The average molecular weight is 350 g/mol. The number of halogens is 2. The van der Waals surface area contributed by atoms with Crippen molar-refractivity contribution in [3.63, 3.8) is 0 Å². The average Bonchev–Trinajstić information content (AvgIpc) is 3.20. The van der Waals surface area contributed by atoms with Gasteiger partial charge in [0.1, 0.15) is 0 Å². The van der Waals surface area contributed by atoms with E-state index in [4.69, 9.17) is 0 Å². The summed E-state index contributed by atoms with van der Waals surface area (Å²) < 4.78 is 25.8. The Morgan fingerprint density at radius 2 is 2.12 bits per heavy atom. The van der Waals surface area contributed by atoms with Crippen LogP contribution in [0.25, 0.3) is 10.8 Å². The Kier molecular flexibility index (Phi) is 4.56. The third-order valence-corrected chi connectivity index (χ3v) is 3.97. The Labute approximate surface area is 139 Å². The molecule has 3 aromatic heterocycles. The predicted molar refractivity (Wildman–Crippen MR) is 82.5 cm³/mol. The Balaban J connectivity index is 1.65. The molecule has 1 amide bonds. The summed E-state index contributed by atoms with van der Waals surface area (Å²) in [7, 11) is 0. The lowest BCUT2D eigenvalue weighted by Gasteiger charge is -2.01. The molecular formula is C14H12F2N6OS. The number of alkyl halides is 2. The van der Waals surface area contributed by atoms with Gasteiger partial charge in [-0.25, -0.2) is 19.6 Å². The minimum atomic E-state index is -2.78. The van der Waals surface area contributed by atoms with E-state index in [9.17, 15) is 13.6 Å². The zero-order valence-electron chi connectivity index (χ0n) is 12.5. The highest BCUT2D eigenvalue weighted by atomic mass is 32.1. The number of carbonyl (C=O) groups excluding carboxylic acids is 1. The molecule has 0 aliphatic rings. The van der Waals surface area contributed by atoms with Gasteiger partial charge in [0.2, 0.25) is 0 Å². The molecule has 0 aliphatic carbocycles. The van der Waals surface area contributed by atoms with Crippen LogP contribution in [0.15, 0.2) is 29.9 Å². The van der Waals surface area contributed by atoms with Crippen LogP contribution in [-0.4, -0.2) is 30.6 Å². The van der Waals surface area contributed by atoms with E-state index < -0.39 is 12.5 Å². The smallest absolute Gasteiger partial charge is 0.333 e. The number of amides is 1. The van der Waals surface area contributed by atoms with E-state index in [-0.39, 0.29) is 17.9 Å². The Bertz CT molecular complexity index is 848. The summed E-state index contributed by atoms with van der Waals surface area (Å²) in [4.78, 5) is 24.5. The highest BCUT2D eigenvalue weighted by Gasteiger charge is 2.17. The Morgan fingerprint density at radius 1 is 1.38 bits per heavy atom. The molecule has 124 valence electrons. The Morgan fingerprint density at radius 3 is 2.79 bits per heavy atom. The topological polar surface area (TPSA) is 85.6 Å². The largest absolute Gasteiger partial charge is 0.345 e. The molecule has 0 radical (unpaired) electrons. The van der Waals surface area contributed by atoms with Crippen LogP contribution < -0.4 is 5.32 Å². The molecule has 0 aromatic carbocycles. The number of carbonyl (C=O) groups is 1. The van der Waals surface area contributed by atoms with E-state index in [0.29, 0.717) is 21.2 Å². The van der Waals surface area contributed by atoms with Crippen LogP contribution in [0.5, 0.6) is 0 Å². The van der Waals surface area contributed by atoms with Crippen LogP contribution in [0.3, 0.4) is 0 Å². The Hall–Kier alpha value is -2.75. The number of hydrogen-bond acceptors (Lipinski definition) is 6. The van der Waals surface area contributed by atoms with E-state index in [1.54, 1.807) is 23.8 Å². The fourth-order valence-corrected chi connectivity index (χ4v) is 2.72. The van der Waals surface area contributed by atoms with E-state index in [2.05, 4.69) is 25.4 Å². The maximum Gasteiger partial charge on any atom is 0.333 e. The first-order chi connectivity index (χ1) is 11.5. The molecule has 7 nitrogen and oxygen atoms in total. The second-order valence-electron chi connectivity index (χ2n) is 4.79. The molecule has 0 saturated heterocycles. The van der Waals surface area contributed by atoms with Crippen LogP contribution in [0.2, 0.25) is 0 Å².